The van der Waals surface area contributed by atoms with Crippen LogP contribution in [0.1, 0.15) is 22.3 Å². The van der Waals surface area contributed by atoms with Crippen LogP contribution in [0.5, 0.6) is 0 Å². The van der Waals surface area contributed by atoms with Gasteiger partial charge in [0.2, 0.25) is 0 Å². The van der Waals surface area contributed by atoms with Crippen LogP contribution < -0.4 is 15.4 Å². The van der Waals surface area contributed by atoms with Crippen molar-refractivity contribution in [3.05, 3.63) is 89.0 Å². The van der Waals surface area contributed by atoms with Crippen molar-refractivity contribution in [1.29, 1.82) is 0 Å². The number of thiocarbonyl (C=S) groups is 1. The van der Waals surface area contributed by atoms with Crippen LogP contribution in [-0.2, 0) is 16.6 Å². The van der Waals surface area contributed by atoms with Gasteiger partial charge in [-0.15, -0.1) is 0 Å². The van der Waals surface area contributed by atoms with E-state index in [1.54, 1.807) is 24.3 Å². The van der Waals surface area contributed by atoms with E-state index < -0.39 is 10.0 Å². The molecule has 3 rings (SSSR count). The van der Waals surface area contributed by atoms with Gasteiger partial charge >= 0.3 is 0 Å². The van der Waals surface area contributed by atoms with Crippen LogP contribution in [0.25, 0.3) is 0 Å². The van der Waals surface area contributed by atoms with Gasteiger partial charge in [-0.2, -0.15) is 0 Å². The van der Waals surface area contributed by atoms with Crippen molar-refractivity contribution in [1.82, 2.24) is 5.32 Å². The zero-order valence-corrected chi connectivity index (χ0v) is 18.8. The highest BCUT2D eigenvalue weighted by molar-refractivity contribution is 7.92. The molecule has 0 aliphatic carbocycles. The lowest BCUT2D eigenvalue weighted by atomic mass is 10.1. The van der Waals surface area contributed by atoms with Crippen LogP contribution in [0.3, 0.4) is 0 Å². The van der Waals surface area contributed by atoms with Gasteiger partial charge in [-0.3, -0.25) is 4.72 Å². The topological polar surface area (TPSA) is 70.2 Å². The second-order valence-corrected chi connectivity index (χ2v) is 9.29. The van der Waals surface area contributed by atoms with Crippen LogP contribution in [0.4, 0.5) is 11.4 Å². The standard InChI is InChI=1S/C23H25N3O2S2/c1-16-13-17(2)22(18(3)14-16)26-30(27,28)21-11-9-20(10-12-21)25-23(29)24-15-19-7-5-4-6-8-19/h4-14,26H,15H2,1-3H3,(H2,24,25,29). The third kappa shape index (κ3) is 5.58. The van der Waals surface area contributed by atoms with E-state index in [0.717, 1.165) is 22.3 Å². The highest BCUT2D eigenvalue weighted by atomic mass is 32.2. The Balaban J connectivity index is 1.65. The Morgan fingerprint density at radius 1 is 0.900 bits per heavy atom. The summed E-state index contributed by atoms with van der Waals surface area (Å²) in [5.74, 6) is 0. The largest absolute Gasteiger partial charge is 0.358 e. The first-order chi connectivity index (χ1) is 14.2. The van der Waals surface area contributed by atoms with E-state index in [4.69, 9.17) is 12.2 Å². The van der Waals surface area contributed by atoms with Crippen molar-refractivity contribution >= 4 is 38.7 Å². The maximum Gasteiger partial charge on any atom is 0.261 e. The summed E-state index contributed by atoms with van der Waals surface area (Å²) in [7, 11) is -3.69. The zero-order valence-electron chi connectivity index (χ0n) is 17.2. The minimum absolute atomic E-state index is 0.190. The molecule has 0 unspecified atom stereocenters. The molecule has 0 aliphatic rings. The van der Waals surface area contributed by atoms with Gasteiger partial charge in [0, 0.05) is 12.2 Å². The molecule has 0 amide bonds. The van der Waals surface area contributed by atoms with Gasteiger partial charge < -0.3 is 10.6 Å². The normalized spacial score (nSPS) is 11.0. The summed E-state index contributed by atoms with van der Waals surface area (Å²) >= 11 is 5.31. The van der Waals surface area contributed by atoms with Crippen molar-refractivity contribution in [3.8, 4) is 0 Å². The average molecular weight is 440 g/mol. The van der Waals surface area contributed by atoms with Crippen molar-refractivity contribution in [2.45, 2.75) is 32.2 Å². The lowest BCUT2D eigenvalue weighted by molar-refractivity contribution is 0.601. The molecule has 0 heterocycles. The molecule has 0 fully saturated rings. The molecule has 0 radical (unpaired) electrons. The molecule has 0 bridgehead atoms. The Labute approximate surface area is 183 Å². The molecule has 5 nitrogen and oxygen atoms in total. The SMILES string of the molecule is Cc1cc(C)c(NS(=O)(=O)c2ccc(NC(=S)NCc3ccccc3)cc2)c(C)c1. The molecule has 0 saturated carbocycles. The lowest BCUT2D eigenvalue weighted by Crippen LogP contribution is -2.27. The van der Waals surface area contributed by atoms with Gasteiger partial charge in [-0.25, -0.2) is 8.42 Å². The minimum atomic E-state index is -3.69. The van der Waals surface area contributed by atoms with E-state index in [-0.39, 0.29) is 4.90 Å². The van der Waals surface area contributed by atoms with Gasteiger partial charge in [0.05, 0.1) is 10.6 Å². The van der Waals surface area contributed by atoms with E-state index in [2.05, 4.69) is 15.4 Å². The predicted octanol–water partition coefficient (Wildman–Crippen LogP) is 4.90. The van der Waals surface area contributed by atoms with Crippen LogP contribution in [0.15, 0.2) is 71.6 Å². The number of benzene rings is 3. The summed E-state index contributed by atoms with van der Waals surface area (Å²) in [5, 5.41) is 6.67. The average Bonchev–Trinajstić information content (AvgIpc) is 2.70. The van der Waals surface area contributed by atoms with Crippen molar-refractivity contribution in [3.63, 3.8) is 0 Å². The molecule has 7 heteroatoms. The monoisotopic (exact) mass is 439 g/mol. The van der Waals surface area contributed by atoms with E-state index in [9.17, 15) is 8.42 Å². The molecule has 3 aromatic rings. The molecule has 0 aromatic heterocycles. The molecule has 0 aliphatic heterocycles. The number of hydrogen-bond acceptors (Lipinski definition) is 3. The fourth-order valence-electron chi connectivity index (χ4n) is 3.21. The van der Waals surface area contributed by atoms with Crippen LogP contribution in [0, 0.1) is 20.8 Å². The summed E-state index contributed by atoms with van der Waals surface area (Å²) in [6, 6.07) is 20.4. The summed E-state index contributed by atoms with van der Waals surface area (Å²) < 4.78 is 28.3. The highest BCUT2D eigenvalue weighted by Gasteiger charge is 2.17. The van der Waals surface area contributed by atoms with Crippen LogP contribution in [0.2, 0.25) is 0 Å². The van der Waals surface area contributed by atoms with Crippen molar-refractivity contribution in [2.75, 3.05) is 10.0 Å². The second-order valence-electron chi connectivity index (χ2n) is 7.20. The summed E-state index contributed by atoms with van der Waals surface area (Å²) in [4.78, 5) is 0.190. The predicted molar refractivity (Wildman–Crippen MR) is 127 cm³/mol. The lowest BCUT2D eigenvalue weighted by Gasteiger charge is -2.15. The molecule has 0 atom stereocenters. The van der Waals surface area contributed by atoms with Gasteiger partial charge in [0.1, 0.15) is 0 Å². The number of hydrogen-bond donors (Lipinski definition) is 3. The zero-order chi connectivity index (χ0) is 21.7. The summed E-state index contributed by atoms with van der Waals surface area (Å²) in [5.41, 5.74) is 5.33. The van der Waals surface area contributed by atoms with Crippen molar-refractivity contribution in [2.24, 2.45) is 0 Å². The molecule has 30 heavy (non-hydrogen) atoms. The number of aryl methyl sites for hydroxylation is 3. The smallest absolute Gasteiger partial charge is 0.261 e. The highest BCUT2D eigenvalue weighted by Crippen LogP contribution is 2.25. The third-order valence-electron chi connectivity index (χ3n) is 4.63. The maximum atomic E-state index is 12.8. The summed E-state index contributed by atoms with van der Waals surface area (Å²) in [6.45, 7) is 6.39. The number of rotatable bonds is 6. The Bertz CT molecular complexity index is 1120. The summed E-state index contributed by atoms with van der Waals surface area (Å²) in [6.07, 6.45) is 0. The molecular formula is C23H25N3O2S2. The van der Waals surface area contributed by atoms with Gasteiger partial charge in [0.15, 0.2) is 5.11 Å². The molecule has 156 valence electrons. The van der Waals surface area contributed by atoms with Crippen LogP contribution >= 0.6 is 12.2 Å². The first kappa shape index (κ1) is 21.8. The molecule has 3 N–H and O–H groups in total. The van der Waals surface area contributed by atoms with Gasteiger partial charge in [-0.05, 0) is 73.9 Å². The number of nitrogens with one attached hydrogen (secondary N) is 3. The second kappa shape index (κ2) is 9.28. The third-order valence-corrected chi connectivity index (χ3v) is 6.24. The molecule has 3 aromatic carbocycles. The van der Waals surface area contributed by atoms with Crippen LogP contribution in [-0.4, -0.2) is 13.5 Å². The van der Waals surface area contributed by atoms with E-state index in [1.807, 2.05) is 63.2 Å². The number of anilines is 2. The fraction of sp³-hybridized carbons (Fsp3) is 0.174. The van der Waals surface area contributed by atoms with E-state index in [0.29, 0.717) is 23.0 Å². The van der Waals surface area contributed by atoms with Crippen molar-refractivity contribution < 1.29 is 8.42 Å². The quantitative estimate of drug-likeness (QED) is 0.477. The Morgan fingerprint density at radius 3 is 2.10 bits per heavy atom. The van der Waals surface area contributed by atoms with Gasteiger partial charge in [-0.1, -0.05) is 48.0 Å². The molecule has 0 saturated heterocycles. The molecule has 0 spiro atoms. The Kier molecular flexibility index (Phi) is 6.74. The van der Waals surface area contributed by atoms with Gasteiger partial charge in [0.25, 0.3) is 10.0 Å². The first-order valence-corrected chi connectivity index (χ1v) is 11.4. The number of sulfonamides is 1. The Hall–Kier alpha value is -2.90. The van der Waals surface area contributed by atoms with E-state index in [1.165, 1.54) is 0 Å². The Morgan fingerprint density at radius 2 is 1.50 bits per heavy atom. The molecular weight excluding hydrogens is 414 g/mol. The minimum Gasteiger partial charge on any atom is -0.358 e. The fourth-order valence-corrected chi connectivity index (χ4v) is 4.60. The van der Waals surface area contributed by atoms with E-state index >= 15 is 0 Å². The first-order valence-electron chi connectivity index (χ1n) is 9.54. The maximum absolute atomic E-state index is 12.8.